The predicted molar refractivity (Wildman–Crippen MR) is 98.7 cm³/mol. The maximum Gasteiger partial charge on any atom is 0.323 e. The van der Waals surface area contributed by atoms with Gasteiger partial charge in [-0.3, -0.25) is 29.1 Å². The highest BCUT2D eigenvalue weighted by atomic mass is 16.4. The molecule has 0 saturated carbocycles. The van der Waals surface area contributed by atoms with E-state index in [4.69, 9.17) is 5.11 Å². The summed E-state index contributed by atoms with van der Waals surface area (Å²) in [7, 11) is 0. The van der Waals surface area contributed by atoms with E-state index in [-0.39, 0.29) is 29.3 Å². The van der Waals surface area contributed by atoms with Crippen LogP contribution < -0.4 is 0 Å². The van der Waals surface area contributed by atoms with Gasteiger partial charge in [0.05, 0.1) is 17.7 Å². The normalized spacial score (nSPS) is 13.0. The van der Waals surface area contributed by atoms with Gasteiger partial charge in [0.25, 0.3) is 17.7 Å². The third kappa shape index (κ3) is 3.62. The van der Waals surface area contributed by atoms with E-state index in [2.05, 4.69) is 4.98 Å². The van der Waals surface area contributed by atoms with Crippen LogP contribution in [0.2, 0.25) is 0 Å². The number of aliphatic carboxylic acids is 1. The largest absolute Gasteiger partial charge is 0.480 e. The number of amides is 3. The Morgan fingerprint density at radius 2 is 1.71 bits per heavy atom. The van der Waals surface area contributed by atoms with Gasteiger partial charge in [-0.15, -0.1) is 0 Å². The molecule has 0 aliphatic carbocycles. The van der Waals surface area contributed by atoms with Crippen LogP contribution in [0, 0.1) is 0 Å². The van der Waals surface area contributed by atoms with E-state index in [0.717, 1.165) is 10.5 Å². The Labute approximate surface area is 161 Å². The van der Waals surface area contributed by atoms with E-state index < -0.39 is 30.2 Å². The standard InChI is InChI=1S/C20H19N3O5/c1-12(2)22(11-17(24)25)18(26)14-3-4-15-16(9-14)20(28)23(19(15)27)10-13-5-7-21-8-6-13/h3-9,12H,10-11H2,1-2H3,(H,24,25). The fourth-order valence-electron chi connectivity index (χ4n) is 3.04. The summed E-state index contributed by atoms with van der Waals surface area (Å²) in [6.45, 7) is 3.07. The molecule has 0 fully saturated rings. The van der Waals surface area contributed by atoms with Gasteiger partial charge in [-0.25, -0.2) is 0 Å². The average Bonchev–Trinajstić information content (AvgIpc) is 2.90. The Morgan fingerprint density at radius 3 is 2.32 bits per heavy atom. The summed E-state index contributed by atoms with van der Waals surface area (Å²) < 4.78 is 0. The lowest BCUT2D eigenvalue weighted by Crippen LogP contribution is -2.40. The van der Waals surface area contributed by atoms with Crippen molar-refractivity contribution >= 4 is 23.7 Å². The third-order valence-corrected chi connectivity index (χ3v) is 4.50. The molecule has 1 aliphatic heterocycles. The first-order valence-corrected chi connectivity index (χ1v) is 8.71. The maximum atomic E-state index is 12.7. The van der Waals surface area contributed by atoms with Gasteiger partial charge in [0.1, 0.15) is 6.54 Å². The van der Waals surface area contributed by atoms with Crippen molar-refractivity contribution in [3.05, 3.63) is 65.0 Å². The van der Waals surface area contributed by atoms with Crippen LogP contribution in [0.1, 0.15) is 50.5 Å². The second-order valence-electron chi connectivity index (χ2n) is 6.73. The summed E-state index contributed by atoms with van der Waals surface area (Å²) in [6, 6.07) is 7.34. The van der Waals surface area contributed by atoms with E-state index in [1.54, 1.807) is 38.4 Å². The minimum absolute atomic E-state index is 0.106. The van der Waals surface area contributed by atoms with E-state index in [1.165, 1.54) is 23.1 Å². The molecule has 0 bridgehead atoms. The number of rotatable bonds is 6. The molecule has 3 rings (SSSR count). The molecule has 144 valence electrons. The molecule has 0 radical (unpaired) electrons. The number of benzene rings is 1. The molecule has 8 heteroatoms. The van der Waals surface area contributed by atoms with Crippen molar-refractivity contribution in [2.45, 2.75) is 26.4 Å². The van der Waals surface area contributed by atoms with Crippen LogP contribution in [0.3, 0.4) is 0 Å². The van der Waals surface area contributed by atoms with Gasteiger partial charge >= 0.3 is 5.97 Å². The maximum absolute atomic E-state index is 12.7. The molecule has 1 N–H and O–H groups in total. The van der Waals surface area contributed by atoms with Crippen molar-refractivity contribution in [3.63, 3.8) is 0 Å². The summed E-state index contributed by atoms with van der Waals surface area (Å²) in [5.74, 6) is -2.55. The highest BCUT2D eigenvalue weighted by molar-refractivity contribution is 6.22. The van der Waals surface area contributed by atoms with Crippen LogP contribution in [-0.4, -0.2) is 56.2 Å². The minimum atomic E-state index is -1.13. The second kappa shape index (κ2) is 7.59. The highest BCUT2D eigenvalue weighted by Gasteiger charge is 2.36. The molecular weight excluding hydrogens is 362 g/mol. The summed E-state index contributed by atoms with van der Waals surface area (Å²) in [5.41, 5.74) is 1.29. The van der Waals surface area contributed by atoms with Crippen LogP contribution in [0.25, 0.3) is 0 Å². The number of imide groups is 1. The number of fused-ring (bicyclic) bond motifs is 1. The first-order chi connectivity index (χ1) is 13.3. The van der Waals surface area contributed by atoms with Crippen molar-refractivity contribution < 1.29 is 24.3 Å². The van der Waals surface area contributed by atoms with Gasteiger partial charge in [-0.2, -0.15) is 0 Å². The van der Waals surface area contributed by atoms with E-state index >= 15 is 0 Å². The van der Waals surface area contributed by atoms with E-state index in [0.29, 0.717) is 0 Å². The van der Waals surface area contributed by atoms with Gasteiger partial charge in [-0.05, 0) is 49.7 Å². The van der Waals surface area contributed by atoms with Crippen molar-refractivity contribution in [1.29, 1.82) is 0 Å². The van der Waals surface area contributed by atoms with E-state index in [1.807, 2.05) is 0 Å². The SMILES string of the molecule is CC(C)N(CC(=O)O)C(=O)c1ccc2c(c1)C(=O)N(Cc1ccncc1)C2=O. The molecule has 1 aromatic carbocycles. The van der Waals surface area contributed by atoms with Crippen LogP contribution in [-0.2, 0) is 11.3 Å². The molecule has 1 aromatic heterocycles. The lowest BCUT2D eigenvalue weighted by atomic mass is 10.0. The fraction of sp³-hybridized carbons (Fsp3) is 0.250. The van der Waals surface area contributed by atoms with Gasteiger partial charge in [0.2, 0.25) is 0 Å². The number of aromatic nitrogens is 1. The van der Waals surface area contributed by atoms with Crippen LogP contribution in [0.5, 0.6) is 0 Å². The zero-order chi connectivity index (χ0) is 20.4. The van der Waals surface area contributed by atoms with Crippen molar-refractivity contribution in [1.82, 2.24) is 14.8 Å². The van der Waals surface area contributed by atoms with E-state index in [9.17, 15) is 19.2 Å². The first-order valence-electron chi connectivity index (χ1n) is 8.71. The number of carbonyl (C=O) groups is 4. The Balaban J connectivity index is 1.88. The Bertz CT molecular complexity index is 956. The quantitative estimate of drug-likeness (QED) is 0.765. The molecule has 1 aliphatic rings. The monoisotopic (exact) mass is 381 g/mol. The van der Waals surface area contributed by atoms with Gasteiger partial charge in [0, 0.05) is 24.0 Å². The summed E-state index contributed by atoms with van der Waals surface area (Å²) in [5, 5.41) is 9.03. The molecule has 0 atom stereocenters. The zero-order valence-electron chi connectivity index (χ0n) is 15.5. The number of nitrogens with zero attached hydrogens (tertiary/aromatic N) is 3. The second-order valence-corrected chi connectivity index (χ2v) is 6.73. The molecule has 2 heterocycles. The number of carboxylic acids is 1. The smallest absolute Gasteiger partial charge is 0.323 e. The fourth-order valence-corrected chi connectivity index (χ4v) is 3.04. The lowest BCUT2D eigenvalue weighted by Gasteiger charge is -2.25. The van der Waals surface area contributed by atoms with Crippen LogP contribution in [0.15, 0.2) is 42.7 Å². The molecule has 2 aromatic rings. The lowest BCUT2D eigenvalue weighted by molar-refractivity contribution is -0.138. The predicted octanol–water partition coefficient (Wildman–Crippen LogP) is 1.81. The number of hydrogen-bond acceptors (Lipinski definition) is 5. The summed E-state index contributed by atoms with van der Waals surface area (Å²) >= 11 is 0. The number of carbonyl (C=O) groups excluding carboxylic acids is 3. The Hall–Kier alpha value is -3.55. The third-order valence-electron chi connectivity index (χ3n) is 4.50. The van der Waals surface area contributed by atoms with Gasteiger partial charge in [-0.1, -0.05) is 0 Å². The highest BCUT2D eigenvalue weighted by Crippen LogP contribution is 2.26. The first kappa shape index (κ1) is 19.2. The van der Waals surface area contributed by atoms with Crippen molar-refractivity contribution in [2.75, 3.05) is 6.54 Å². The summed E-state index contributed by atoms with van der Waals surface area (Å²) in [6.07, 6.45) is 3.15. The molecule has 28 heavy (non-hydrogen) atoms. The molecule has 3 amide bonds. The molecule has 8 nitrogen and oxygen atoms in total. The number of carboxylic acid groups (broad SMARTS) is 1. The minimum Gasteiger partial charge on any atom is -0.480 e. The van der Waals surface area contributed by atoms with Crippen LogP contribution in [0.4, 0.5) is 0 Å². The Kier molecular flexibility index (Phi) is 5.21. The van der Waals surface area contributed by atoms with Gasteiger partial charge in [0.15, 0.2) is 0 Å². The molecule has 0 unspecified atom stereocenters. The molecular formula is C20H19N3O5. The summed E-state index contributed by atoms with van der Waals surface area (Å²) in [4.78, 5) is 55.3. The van der Waals surface area contributed by atoms with Gasteiger partial charge < -0.3 is 10.0 Å². The number of hydrogen-bond donors (Lipinski definition) is 1. The average molecular weight is 381 g/mol. The molecule has 0 saturated heterocycles. The van der Waals surface area contributed by atoms with Crippen molar-refractivity contribution in [2.24, 2.45) is 0 Å². The molecule has 0 spiro atoms. The van der Waals surface area contributed by atoms with Crippen LogP contribution >= 0.6 is 0 Å². The topological polar surface area (TPSA) is 108 Å². The van der Waals surface area contributed by atoms with Crippen molar-refractivity contribution in [3.8, 4) is 0 Å². The zero-order valence-corrected chi connectivity index (χ0v) is 15.5. The Morgan fingerprint density at radius 1 is 1.07 bits per heavy atom. The number of pyridine rings is 1.